The van der Waals surface area contributed by atoms with Crippen molar-refractivity contribution in [1.82, 2.24) is 0 Å². The van der Waals surface area contributed by atoms with Crippen LogP contribution in [0.15, 0.2) is 91.0 Å². The maximum absolute atomic E-state index is 12.6. The van der Waals surface area contributed by atoms with E-state index in [9.17, 15) is 9.90 Å². The van der Waals surface area contributed by atoms with Crippen LogP contribution in [0.25, 0.3) is 10.4 Å². The molecule has 28 heavy (non-hydrogen) atoms. The second-order valence-corrected chi connectivity index (χ2v) is 7.43. The van der Waals surface area contributed by atoms with Gasteiger partial charge in [0.2, 0.25) is 5.78 Å². The van der Waals surface area contributed by atoms with Crippen LogP contribution in [0.5, 0.6) is 11.5 Å². The first-order valence-corrected chi connectivity index (χ1v) is 9.71. The molecule has 1 heterocycles. The molecule has 138 valence electrons. The zero-order valence-electron chi connectivity index (χ0n) is 15.0. The van der Waals surface area contributed by atoms with E-state index in [0.717, 1.165) is 21.8 Å². The normalized spacial score (nSPS) is 10.6. The van der Waals surface area contributed by atoms with Crippen LogP contribution in [0.4, 0.5) is 0 Å². The molecule has 3 aromatic carbocycles. The van der Waals surface area contributed by atoms with Crippen molar-refractivity contribution in [2.24, 2.45) is 0 Å². The molecule has 0 aliphatic heterocycles. The Labute approximate surface area is 167 Å². The highest BCUT2D eigenvalue weighted by molar-refractivity contribution is 7.17. The fraction of sp³-hybridized carbons (Fsp3) is 0.0417. The molecule has 0 unspecified atom stereocenters. The van der Waals surface area contributed by atoms with Crippen LogP contribution in [0.3, 0.4) is 0 Å². The third-order valence-electron chi connectivity index (χ3n) is 4.31. The largest absolute Gasteiger partial charge is 0.508 e. The maximum atomic E-state index is 12.6. The number of aromatic hydroxyl groups is 1. The van der Waals surface area contributed by atoms with Crippen molar-refractivity contribution in [1.29, 1.82) is 0 Å². The lowest BCUT2D eigenvalue weighted by Gasteiger charge is -2.07. The average Bonchev–Trinajstić information content (AvgIpc) is 3.23. The smallest absolute Gasteiger partial charge is 0.203 e. The van der Waals surface area contributed by atoms with Gasteiger partial charge in [0, 0.05) is 10.4 Å². The Balaban J connectivity index is 1.51. The van der Waals surface area contributed by atoms with Gasteiger partial charge in [0.25, 0.3) is 0 Å². The minimum atomic E-state index is -0.0939. The summed E-state index contributed by atoms with van der Waals surface area (Å²) in [6.45, 7) is 0.510. The molecule has 4 heteroatoms. The summed E-state index contributed by atoms with van der Waals surface area (Å²) in [5.41, 5.74) is 2.60. The van der Waals surface area contributed by atoms with Crippen molar-refractivity contribution in [2.75, 3.05) is 0 Å². The van der Waals surface area contributed by atoms with Crippen LogP contribution in [-0.2, 0) is 6.61 Å². The molecule has 0 aliphatic rings. The highest BCUT2D eigenvalue weighted by Crippen LogP contribution is 2.32. The van der Waals surface area contributed by atoms with Gasteiger partial charge in [-0.3, -0.25) is 4.79 Å². The van der Waals surface area contributed by atoms with Gasteiger partial charge in [0.05, 0.1) is 4.88 Å². The summed E-state index contributed by atoms with van der Waals surface area (Å²) >= 11 is 1.43. The minimum Gasteiger partial charge on any atom is -0.508 e. The lowest BCUT2D eigenvalue weighted by Crippen LogP contribution is -1.97. The number of benzene rings is 3. The van der Waals surface area contributed by atoms with Crippen LogP contribution in [-0.4, -0.2) is 10.9 Å². The third kappa shape index (κ3) is 4.13. The van der Waals surface area contributed by atoms with Crippen LogP contribution < -0.4 is 4.74 Å². The van der Waals surface area contributed by atoms with Gasteiger partial charge in [-0.15, -0.1) is 11.3 Å². The van der Waals surface area contributed by atoms with Crippen molar-refractivity contribution in [3.05, 3.63) is 107 Å². The van der Waals surface area contributed by atoms with Crippen molar-refractivity contribution < 1.29 is 14.6 Å². The molecule has 0 atom stereocenters. The fourth-order valence-electron chi connectivity index (χ4n) is 2.88. The minimum absolute atomic E-state index is 0.0888. The van der Waals surface area contributed by atoms with E-state index in [1.165, 1.54) is 17.4 Å². The van der Waals surface area contributed by atoms with Gasteiger partial charge in [-0.25, -0.2) is 0 Å². The lowest BCUT2D eigenvalue weighted by molar-refractivity contribution is 0.104. The van der Waals surface area contributed by atoms with Crippen LogP contribution in [0.2, 0.25) is 0 Å². The first-order chi connectivity index (χ1) is 13.7. The molecule has 1 N–H and O–H groups in total. The molecule has 4 aromatic rings. The number of hydrogen-bond acceptors (Lipinski definition) is 4. The Kier molecular flexibility index (Phi) is 5.22. The Bertz CT molecular complexity index is 1100. The first-order valence-electron chi connectivity index (χ1n) is 8.90. The van der Waals surface area contributed by atoms with Gasteiger partial charge in [0.1, 0.15) is 18.1 Å². The van der Waals surface area contributed by atoms with Gasteiger partial charge in [-0.2, -0.15) is 0 Å². The summed E-state index contributed by atoms with van der Waals surface area (Å²) in [5.74, 6) is 0.783. The maximum Gasteiger partial charge on any atom is 0.203 e. The monoisotopic (exact) mass is 386 g/mol. The zero-order chi connectivity index (χ0) is 19.3. The van der Waals surface area contributed by atoms with Crippen molar-refractivity contribution in [3.63, 3.8) is 0 Å². The number of carbonyl (C=O) groups excluding carboxylic acids is 1. The molecular weight excluding hydrogens is 368 g/mol. The van der Waals surface area contributed by atoms with E-state index in [0.29, 0.717) is 17.0 Å². The number of rotatable bonds is 6. The van der Waals surface area contributed by atoms with E-state index in [1.54, 1.807) is 18.2 Å². The summed E-state index contributed by atoms with van der Waals surface area (Å²) < 4.78 is 5.90. The quantitative estimate of drug-likeness (QED) is 0.418. The molecular formula is C24H18O3S. The molecule has 0 aliphatic carbocycles. The lowest BCUT2D eigenvalue weighted by atomic mass is 10.1. The highest BCUT2D eigenvalue weighted by atomic mass is 32.1. The number of ether oxygens (including phenoxy) is 1. The van der Waals surface area contributed by atoms with E-state index in [-0.39, 0.29) is 11.5 Å². The SMILES string of the molecule is O=C(c1cccc(O)c1)c1ccc(-c2cccc(OCc3ccccc3)c2)s1. The Hall–Kier alpha value is -3.37. The average molecular weight is 386 g/mol. The molecule has 4 rings (SSSR count). The van der Waals surface area contributed by atoms with Gasteiger partial charge >= 0.3 is 0 Å². The number of thiophene rings is 1. The summed E-state index contributed by atoms with van der Waals surface area (Å²) in [6, 6.07) is 28.1. The van der Waals surface area contributed by atoms with Crippen LogP contribution >= 0.6 is 11.3 Å². The number of phenolic OH excluding ortho intramolecular Hbond substituents is 1. The predicted octanol–water partition coefficient (Wildman–Crippen LogP) is 5.93. The van der Waals surface area contributed by atoms with E-state index in [1.807, 2.05) is 66.7 Å². The molecule has 3 nitrogen and oxygen atoms in total. The molecule has 0 saturated carbocycles. The summed E-state index contributed by atoms with van der Waals surface area (Å²) in [7, 11) is 0. The number of hydrogen-bond donors (Lipinski definition) is 1. The predicted molar refractivity (Wildman–Crippen MR) is 112 cm³/mol. The molecule has 0 bridgehead atoms. The molecule has 0 fully saturated rings. The molecule has 0 spiro atoms. The number of ketones is 1. The highest BCUT2D eigenvalue weighted by Gasteiger charge is 2.13. The van der Waals surface area contributed by atoms with Crippen molar-refractivity contribution in [3.8, 4) is 21.9 Å². The molecule has 0 amide bonds. The van der Waals surface area contributed by atoms with E-state index in [4.69, 9.17) is 4.74 Å². The van der Waals surface area contributed by atoms with Crippen molar-refractivity contribution in [2.45, 2.75) is 6.61 Å². The Morgan fingerprint density at radius 2 is 1.68 bits per heavy atom. The Morgan fingerprint density at radius 3 is 2.50 bits per heavy atom. The number of phenols is 1. The van der Waals surface area contributed by atoms with E-state index < -0.39 is 0 Å². The summed E-state index contributed by atoms with van der Waals surface area (Å²) in [5, 5.41) is 9.59. The van der Waals surface area contributed by atoms with Gasteiger partial charge in [-0.1, -0.05) is 54.6 Å². The fourth-order valence-corrected chi connectivity index (χ4v) is 3.85. The van der Waals surface area contributed by atoms with Crippen LogP contribution in [0.1, 0.15) is 20.8 Å². The zero-order valence-corrected chi connectivity index (χ0v) is 15.9. The summed E-state index contributed by atoms with van der Waals surface area (Å²) in [4.78, 5) is 14.3. The first kappa shape index (κ1) is 18.0. The molecule has 1 aromatic heterocycles. The third-order valence-corrected chi connectivity index (χ3v) is 5.44. The van der Waals surface area contributed by atoms with E-state index >= 15 is 0 Å². The second kappa shape index (κ2) is 8.11. The molecule has 0 saturated heterocycles. The molecule has 0 radical (unpaired) electrons. The summed E-state index contributed by atoms with van der Waals surface area (Å²) in [6.07, 6.45) is 0. The number of carbonyl (C=O) groups is 1. The van der Waals surface area contributed by atoms with Crippen molar-refractivity contribution >= 4 is 17.1 Å². The van der Waals surface area contributed by atoms with Gasteiger partial charge < -0.3 is 9.84 Å². The van der Waals surface area contributed by atoms with E-state index in [2.05, 4.69) is 0 Å². The van der Waals surface area contributed by atoms with Gasteiger partial charge in [0.15, 0.2) is 0 Å². The topological polar surface area (TPSA) is 46.5 Å². The van der Waals surface area contributed by atoms with Crippen LogP contribution in [0, 0.1) is 0 Å². The van der Waals surface area contributed by atoms with Gasteiger partial charge in [-0.05, 0) is 47.5 Å². The second-order valence-electron chi connectivity index (χ2n) is 6.35. The Morgan fingerprint density at radius 1 is 0.857 bits per heavy atom. The standard InChI is InChI=1S/C24H18O3S/c25-20-10-4-9-19(14-20)24(26)23-13-12-22(28-23)18-8-5-11-21(15-18)27-16-17-6-2-1-3-7-17/h1-15,25H,16H2.